The molecule has 0 aromatic heterocycles. The molecule has 0 saturated carbocycles. The van der Waals surface area contributed by atoms with Crippen LogP contribution >= 0.6 is 0 Å². The molecule has 262 valence electrons. The monoisotopic (exact) mass is 670 g/mol. The predicted molar refractivity (Wildman–Crippen MR) is 210 cm³/mol. The minimum atomic E-state index is -2.22. The van der Waals surface area contributed by atoms with Crippen molar-refractivity contribution in [3.8, 4) is 0 Å². The minimum Gasteiger partial charge on any atom is -0.871 e. The van der Waals surface area contributed by atoms with Gasteiger partial charge in [0, 0.05) is 12.0 Å². The molecule has 0 radical (unpaired) electrons. The molecule has 0 saturated heterocycles. The highest BCUT2D eigenvalue weighted by Gasteiger charge is 2.36. The Kier molecular flexibility index (Phi) is 13.4. The predicted octanol–water partition coefficient (Wildman–Crippen LogP) is 7.41. The fourth-order valence-corrected chi connectivity index (χ4v) is 6.15. The molecule has 6 aromatic rings. The average molecular weight is 671 g/mol. The lowest BCUT2D eigenvalue weighted by Crippen LogP contribution is -2.47. The van der Waals surface area contributed by atoms with Gasteiger partial charge in [0.15, 0.2) is 0 Å². The van der Waals surface area contributed by atoms with Gasteiger partial charge in [-0.15, -0.1) is 0 Å². The summed E-state index contributed by atoms with van der Waals surface area (Å²) >= 11 is 0. The Morgan fingerprint density at radius 3 is 1.10 bits per heavy atom. The van der Waals surface area contributed by atoms with Crippen LogP contribution in [0.5, 0.6) is 0 Å². The standard InChI is InChI=1S/C36H31BO3.2C4H12N/c38-37(39)40-23-9-1-8-22-36(33-19-16-27-10-2-5-13-30(27)24-33,34-20-17-28-11-3-6-14-31(28)25-34)35-21-18-29-12-4-7-15-32(29)26-35;2*1-5(2,3)4/h2-7,10-21,24-26H,1,8-9,22-23H2;2*1-4H3/q-2;2*+1. The molecule has 0 heterocycles. The normalized spacial score (nSPS) is 11.9. The second-order valence-electron chi connectivity index (χ2n) is 15.9. The first kappa shape index (κ1) is 38.8. The number of fused-ring (bicyclic) bond motifs is 3. The van der Waals surface area contributed by atoms with Crippen molar-refractivity contribution < 1.29 is 23.7 Å². The van der Waals surface area contributed by atoms with E-state index < -0.39 is 12.7 Å². The summed E-state index contributed by atoms with van der Waals surface area (Å²) in [5.41, 5.74) is 3.37. The van der Waals surface area contributed by atoms with E-state index in [9.17, 15) is 10.0 Å². The first-order valence-corrected chi connectivity index (χ1v) is 17.6. The summed E-state index contributed by atoms with van der Waals surface area (Å²) in [5, 5.41) is 29.0. The van der Waals surface area contributed by atoms with E-state index in [-0.39, 0.29) is 6.61 Å². The van der Waals surface area contributed by atoms with E-state index in [1.165, 1.54) is 49.0 Å². The van der Waals surface area contributed by atoms with Crippen LogP contribution in [-0.4, -0.2) is 79.3 Å². The van der Waals surface area contributed by atoms with Crippen LogP contribution in [0.25, 0.3) is 32.3 Å². The van der Waals surface area contributed by atoms with E-state index in [1.54, 1.807) is 0 Å². The van der Waals surface area contributed by atoms with Crippen molar-refractivity contribution in [2.75, 3.05) is 63.0 Å². The molecule has 0 aliphatic rings. The van der Waals surface area contributed by atoms with Crippen molar-refractivity contribution in [1.29, 1.82) is 0 Å². The lowest BCUT2D eigenvalue weighted by Gasteiger charge is -2.37. The third-order valence-electron chi connectivity index (χ3n) is 8.18. The zero-order valence-electron chi connectivity index (χ0n) is 31.4. The summed E-state index contributed by atoms with van der Waals surface area (Å²) in [6.45, 7) is 0.201. The maximum absolute atomic E-state index is 10.8. The third kappa shape index (κ3) is 11.5. The minimum absolute atomic E-state index is 0.201. The van der Waals surface area contributed by atoms with E-state index in [1.807, 2.05) is 0 Å². The first-order valence-electron chi connectivity index (χ1n) is 17.6. The smallest absolute Gasteiger partial charge is 0.0675 e. The SMILES string of the molecule is C[N+](C)(C)C.C[N+](C)(C)C.[O-]B([O-])OCCCCCC(c1ccc2ccccc2c1)(c1ccc2ccccc2c1)c1ccc2ccccc2c1. The number of unbranched alkanes of at least 4 members (excludes halogenated alkanes) is 2. The molecule has 0 unspecified atom stereocenters. The molecular formula is C44H55BN2O3. The Hall–Kier alpha value is -4.04. The maximum Gasteiger partial charge on any atom is 0.0675 e. The number of quaternary nitrogens is 2. The zero-order valence-corrected chi connectivity index (χ0v) is 31.4. The van der Waals surface area contributed by atoms with Crippen molar-refractivity contribution in [1.82, 2.24) is 0 Å². The van der Waals surface area contributed by atoms with Gasteiger partial charge in [-0.05, 0) is 80.0 Å². The van der Waals surface area contributed by atoms with Crippen molar-refractivity contribution in [3.63, 3.8) is 0 Å². The van der Waals surface area contributed by atoms with Crippen LogP contribution in [0.3, 0.4) is 0 Å². The molecule has 0 fully saturated rings. The van der Waals surface area contributed by atoms with E-state index in [0.717, 1.165) is 28.2 Å². The molecule has 6 rings (SSSR count). The number of hydrogen-bond acceptors (Lipinski definition) is 3. The first-order chi connectivity index (χ1) is 23.6. The lowest BCUT2D eigenvalue weighted by atomic mass is 9.65. The van der Waals surface area contributed by atoms with Gasteiger partial charge in [-0.2, -0.15) is 0 Å². The summed E-state index contributed by atoms with van der Waals surface area (Å²) in [4.78, 5) is 0. The molecule has 0 N–H and O–H groups in total. The summed E-state index contributed by atoms with van der Waals surface area (Å²) in [6, 6.07) is 46.2. The van der Waals surface area contributed by atoms with Gasteiger partial charge in [-0.25, -0.2) is 0 Å². The van der Waals surface area contributed by atoms with Crippen LogP contribution in [0.4, 0.5) is 0 Å². The highest BCUT2D eigenvalue weighted by Crippen LogP contribution is 2.46. The molecule has 6 heteroatoms. The van der Waals surface area contributed by atoms with Gasteiger partial charge in [-0.1, -0.05) is 122 Å². The molecule has 6 aromatic carbocycles. The van der Waals surface area contributed by atoms with Crippen molar-refractivity contribution in [2.45, 2.75) is 31.1 Å². The number of nitrogens with zero attached hydrogens (tertiary/aromatic N) is 2. The summed E-state index contributed by atoms with van der Waals surface area (Å²) < 4.78 is 6.76. The Morgan fingerprint density at radius 1 is 0.460 bits per heavy atom. The third-order valence-corrected chi connectivity index (χ3v) is 8.18. The molecule has 0 atom stereocenters. The van der Waals surface area contributed by atoms with Gasteiger partial charge >= 0.3 is 0 Å². The highest BCUT2D eigenvalue weighted by atomic mass is 16.6. The molecule has 50 heavy (non-hydrogen) atoms. The number of hydrogen-bond donors (Lipinski definition) is 0. The number of benzene rings is 6. The van der Waals surface area contributed by atoms with Crippen LogP contribution in [-0.2, 0) is 10.1 Å². The van der Waals surface area contributed by atoms with Gasteiger partial charge < -0.3 is 23.7 Å². The Balaban J connectivity index is 0.000000496. The van der Waals surface area contributed by atoms with E-state index in [4.69, 9.17) is 4.65 Å². The molecular weight excluding hydrogens is 615 g/mol. The van der Waals surface area contributed by atoms with E-state index >= 15 is 0 Å². The Morgan fingerprint density at radius 2 is 0.780 bits per heavy atom. The van der Waals surface area contributed by atoms with Crippen molar-refractivity contribution in [2.24, 2.45) is 0 Å². The van der Waals surface area contributed by atoms with Gasteiger partial charge in [0.2, 0.25) is 0 Å². The summed E-state index contributed by atoms with van der Waals surface area (Å²) in [6.07, 6.45) is 3.34. The number of rotatable bonds is 10. The van der Waals surface area contributed by atoms with Gasteiger partial charge in [0.05, 0.1) is 63.7 Å². The Labute approximate surface area is 300 Å². The lowest BCUT2D eigenvalue weighted by molar-refractivity contribution is -0.849. The van der Waals surface area contributed by atoms with E-state index in [0.29, 0.717) is 6.42 Å². The van der Waals surface area contributed by atoms with Gasteiger partial charge in [-0.3, -0.25) is 0 Å². The second-order valence-corrected chi connectivity index (χ2v) is 15.9. The summed E-state index contributed by atoms with van der Waals surface area (Å²) in [5.74, 6) is 0. The van der Waals surface area contributed by atoms with Crippen LogP contribution in [0.1, 0.15) is 42.4 Å². The fraction of sp³-hybridized carbons (Fsp3) is 0.318. The maximum atomic E-state index is 10.8. The second kappa shape index (κ2) is 17.3. The van der Waals surface area contributed by atoms with Crippen molar-refractivity contribution in [3.05, 3.63) is 144 Å². The molecule has 0 aliphatic carbocycles. The van der Waals surface area contributed by atoms with Gasteiger partial charge in [0.1, 0.15) is 0 Å². The van der Waals surface area contributed by atoms with Crippen LogP contribution in [0, 0.1) is 0 Å². The topological polar surface area (TPSA) is 55.3 Å². The highest BCUT2D eigenvalue weighted by molar-refractivity contribution is 6.28. The Bertz CT molecular complexity index is 1740. The summed E-state index contributed by atoms with van der Waals surface area (Å²) in [7, 11) is 14.8. The quantitative estimate of drug-likeness (QED) is 0.0661. The molecule has 0 spiro atoms. The van der Waals surface area contributed by atoms with E-state index in [2.05, 4.69) is 184 Å². The van der Waals surface area contributed by atoms with Crippen LogP contribution < -0.4 is 10.0 Å². The molecule has 5 nitrogen and oxygen atoms in total. The largest absolute Gasteiger partial charge is 0.871 e. The van der Waals surface area contributed by atoms with Crippen LogP contribution in [0.2, 0.25) is 0 Å². The zero-order chi connectivity index (χ0) is 36.4. The van der Waals surface area contributed by atoms with Crippen LogP contribution in [0.15, 0.2) is 127 Å². The molecule has 0 bridgehead atoms. The molecule has 0 aliphatic heterocycles. The average Bonchev–Trinajstić information content (AvgIpc) is 3.06. The van der Waals surface area contributed by atoms with Gasteiger partial charge in [0.25, 0.3) is 0 Å². The fourth-order valence-electron chi connectivity index (χ4n) is 6.15. The molecule has 0 amide bonds. The van der Waals surface area contributed by atoms with Crippen molar-refractivity contribution >= 4 is 39.6 Å².